The summed E-state index contributed by atoms with van der Waals surface area (Å²) in [6, 6.07) is 6.09. The van der Waals surface area contributed by atoms with Crippen LogP contribution in [0.5, 0.6) is 0 Å². The van der Waals surface area contributed by atoms with Crippen LogP contribution in [0.3, 0.4) is 0 Å². The molecular formula is C15H22N4O3. The van der Waals surface area contributed by atoms with Gasteiger partial charge in [-0.2, -0.15) is 0 Å². The highest BCUT2D eigenvalue weighted by Crippen LogP contribution is 2.12. The first-order valence-electron chi connectivity index (χ1n) is 7.58. The van der Waals surface area contributed by atoms with Crippen LogP contribution in [-0.4, -0.2) is 55.0 Å². The van der Waals surface area contributed by atoms with E-state index in [0.29, 0.717) is 6.54 Å². The average Bonchev–Trinajstić information content (AvgIpc) is 2.53. The molecule has 0 unspecified atom stereocenters. The van der Waals surface area contributed by atoms with Crippen molar-refractivity contribution in [2.24, 2.45) is 0 Å². The lowest BCUT2D eigenvalue weighted by Gasteiger charge is -2.27. The smallest absolute Gasteiger partial charge is 0.269 e. The zero-order valence-electron chi connectivity index (χ0n) is 12.6. The van der Waals surface area contributed by atoms with Crippen molar-refractivity contribution in [3.63, 3.8) is 0 Å². The summed E-state index contributed by atoms with van der Waals surface area (Å²) in [5.74, 6) is -0.0471. The molecule has 1 amide bonds. The molecule has 0 bridgehead atoms. The molecule has 1 saturated heterocycles. The van der Waals surface area contributed by atoms with Gasteiger partial charge >= 0.3 is 0 Å². The van der Waals surface area contributed by atoms with Gasteiger partial charge in [-0.05, 0) is 18.5 Å². The summed E-state index contributed by atoms with van der Waals surface area (Å²) < 4.78 is 0. The number of carbonyl (C=O) groups is 1. The zero-order chi connectivity index (χ0) is 15.8. The van der Waals surface area contributed by atoms with Crippen molar-refractivity contribution in [2.45, 2.75) is 12.8 Å². The Bertz CT molecular complexity index is 498. The van der Waals surface area contributed by atoms with E-state index in [9.17, 15) is 14.9 Å². The van der Waals surface area contributed by atoms with E-state index in [2.05, 4.69) is 15.5 Å². The predicted molar refractivity (Wildman–Crippen MR) is 83.7 cm³/mol. The largest absolute Gasteiger partial charge is 0.356 e. The van der Waals surface area contributed by atoms with Gasteiger partial charge in [-0.25, -0.2) is 0 Å². The quantitative estimate of drug-likeness (QED) is 0.436. The number of nitro benzene ring substituents is 1. The van der Waals surface area contributed by atoms with E-state index in [1.807, 2.05) is 0 Å². The predicted octanol–water partition coefficient (Wildman–Crippen LogP) is 0.549. The van der Waals surface area contributed by atoms with Crippen LogP contribution >= 0.6 is 0 Å². The summed E-state index contributed by atoms with van der Waals surface area (Å²) in [5, 5.41) is 16.8. The van der Waals surface area contributed by atoms with Gasteiger partial charge in [0.1, 0.15) is 0 Å². The molecule has 1 aromatic carbocycles. The van der Waals surface area contributed by atoms with E-state index in [1.165, 1.54) is 12.1 Å². The molecule has 7 heteroatoms. The van der Waals surface area contributed by atoms with Gasteiger partial charge < -0.3 is 15.5 Å². The van der Waals surface area contributed by atoms with Crippen molar-refractivity contribution in [1.82, 2.24) is 15.5 Å². The Balaban J connectivity index is 1.63. The average molecular weight is 306 g/mol. The van der Waals surface area contributed by atoms with Crippen LogP contribution in [0.4, 0.5) is 5.69 Å². The lowest BCUT2D eigenvalue weighted by Crippen LogP contribution is -2.44. The maximum Gasteiger partial charge on any atom is 0.269 e. The van der Waals surface area contributed by atoms with E-state index in [1.54, 1.807) is 12.1 Å². The van der Waals surface area contributed by atoms with Crippen molar-refractivity contribution >= 4 is 11.6 Å². The lowest BCUT2D eigenvalue weighted by molar-refractivity contribution is -0.384. The van der Waals surface area contributed by atoms with Crippen molar-refractivity contribution in [3.8, 4) is 0 Å². The second-order valence-corrected chi connectivity index (χ2v) is 5.40. The highest BCUT2D eigenvalue weighted by Gasteiger charge is 2.09. The molecule has 0 atom stereocenters. The molecule has 0 aromatic heterocycles. The zero-order valence-corrected chi connectivity index (χ0v) is 12.6. The number of non-ortho nitro benzene ring substituents is 1. The van der Waals surface area contributed by atoms with E-state index < -0.39 is 4.92 Å². The van der Waals surface area contributed by atoms with Crippen LogP contribution in [-0.2, 0) is 11.2 Å². The SMILES string of the molecule is O=C(Cc1ccc([N+](=O)[O-])cc1)NCCCN1CCNCC1. The molecule has 1 heterocycles. The molecule has 1 aliphatic heterocycles. The second kappa shape index (κ2) is 8.45. The molecule has 1 fully saturated rings. The summed E-state index contributed by atoms with van der Waals surface area (Å²) >= 11 is 0. The Labute approximate surface area is 129 Å². The first kappa shape index (κ1) is 16.4. The highest BCUT2D eigenvalue weighted by atomic mass is 16.6. The third kappa shape index (κ3) is 5.42. The molecule has 0 aliphatic carbocycles. The van der Waals surface area contributed by atoms with Crippen LogP contribution in [0.1, 0.15) is 12.0 Å². The monoisotopic (exact) mass is 306 g/mol. The summed E-state index contributed by atoms with van der Waals surface area (Å²) in [6.45, 7) is 5.86. The molecule has 1 aliphatic rings. The van der Waals surface area contributed by atoms with Crippen LogP contribution < -0.4 is 10.6 Å². The van der Waals surface area contributed by atoms with Crippen molar-refractivity contribution < 1.29 is 9.72 Å². The third-order valence-electron chi connectivity index (χ3n) is 3.69. The van der Waals surface area contributed by atoms with E-state index >= 15 is 0 Å². The van der Waals surface area contributed by atoms with Crippen LogP contribution in [0.15, 0.2) is 24.3 Å². The van der Waals surface area contributed by atoms with Crippen molar-refractivity contribution in [3.05, 3.63) is 39.9 Å². The third-order valence-corrected chi connectivity index (χ3v) is 3.69. The minimum Gasteiger partial charge on any atom is -0.356 e. The number of nitrogens with zero attached hydrogens (tertiary/aromatic N) is 2. The Morgan fingerprint density at radius 2 is 1.95 bits per heavy atom. The Morgan fingerprint density at radius 1 is 1.27 bits per heavy atom. The lowest BCUT2D eigenvalue weighted by atomic mass is 10.1. The number of hydrogen-bond donors (Lipinski definition) is 2. The number of carbonyl (C=O) groups excluding carboxylic acids is 1. The van der Waals surface area contributed by atoms with Crippen LogP contribution in [0.2, 0.25) is 0 Å². The van der Waals surface area contributed by atoms with Crippen molar-refractivity contribution in [1.29, 1.82) is 0 Å². The molecule has 0 radical (unpaired) electrons. The topological polar surface area (TPSA) is 87.5 Å². The molecular weight excluding hydrogens is 284 g/mol. The first-order valence-corrected chi connectivity index (χ1v) is 7.58. The Kier molecular flexibility index (Phi) is 6.29. The molecule has 120 valence electrons. The standard InChI is InChI=1S/C15H22N4O3/c20-15(12-13-2-4-14(5-3-13)19(21)22)17-6-1-9-18-10-7-16-8-11-18/h2-5,16H,1,6-12H2,(H,17,20). The minimum absolute atomic E-state index is 0.0418. The highest BCUT2D eigenvalue weighted by molar-refractivity contribution is 5.78. The van der Waals surface area contributed by atoms with Crippen LogP contribution in [0, 0.1) is 10.1 Å². The Hall–Kier alpha value is -1.99. The second-order valence-electron chi connectivity index (χ2n) is 5.40. The first-order chi connectivity index (χ1) is 10.6. The molecule has 2 rings (SSSR count). The number of nitro groups is 1. The fraction of sp³-hybridized carbons (Fsp3) is 0.533. The minimum atomic E-state index is -0.444. The molecule has 0 saturated carbocycles. The van der Waals surface area contributed by atoms with Gasteiger partial charge in [0.05, 0.1) is 11.3 Å². The number of nitrogens with one attached hydrogen (secondary N) is 2. The molecule has 22 heavy (non-hydrogen) atoms. The normalized spacial score (nSPS) is 15.5. The summed E-state index contributed by atoms with van der Waals surface area (Å²) in [7, 11) is 0. The van der Waals surface area contributed by atoms with Gasteiger partial charge in [0.15, 0.2) is 0 Å². The number of amides is 1. The van der Waals surface area contributed by atoms with E-state index in [-0.39, 0.29) is 18.0 Å². The molecule has 2 N–H and O–H groups in total. The van der Waals surface area contributed by atoms with Gasteiger partial charge in [0.25, 0.3) is 5.69 Å². The Morgan fingerprint density at radius 3 is 2.59 bits per heavy atom. The van der Waals surface area contributed by atoms with Gasteiger partial charge in [0.2, 0.25) is 5.91 Å². The molecule has 1 aromatic rings. The van der Waals surface area contributed by atoms with Crippen LogP contribution in [0.25, 0.3) is 0 Å². The number of piperazine rings is 1. The number of rotatable bonds is 7. The van der Waals surface area contributed by atoms with Gasteiger partial charge in [-0.15, -0.1) is 0 Å². The van der Waals surface area contributed by atoms with Gasteiger partial charge in [-0.1, -0.05) is 12.1 Å². The summed E-state index contributed by atoms with van der Waals surface area (Å²) in [4.78, 5) is 24.3. The van der Waals surface area contributed by atoms with Gasteiger partial charge in [0, 0.05) is 44.9 Å². The van der Waals surface area contributed by atoms with Gasteiger partial charge in [-0.3, -0.25) is 14.9 Å². The molecule has 0 spiro atoms. The van der Waals surface area contributed by atoms with E-state index in [4.69, 9.17) is 0 Å². The molecule has 7 nitrogen and oxygen atoms in total. The number of benzene rings is 1. The fourth-order valence-electron chi connectivity index (χ4n) is 2.45. The summed E-state index contributed by atoms with van der Waals surface area (Å²) in [5.41, 5.74) is 0.824. The summed E-state index contributed by atoms with van der Waals surface area (Å²) in [6.07, 6.45) is 1.19. The maximum absolute atomic E-state index is 11.8. The van der Waals surface area contributed by atoms with E-state index in [0.717, 1.165) is 44.7 Å². The number of hydrogen-bond acceptors (Lipinski definition) is 5. The fourth-order valence-corrected chi connectivity index (χ4v) is 2.45. The maximum atomic E-state index is 11.8. The van der Waals surface area contributed by atoms with Crippen molar-refractivity contribution in [2.75, 3.05) is 39.3 Å².